The van der Waals surface area contributed by atoms with Crippen molar-refractivity contribution in [1.82, 2.24) is 15.2 Å². The summed E-state index contributed by atoms with van der Waals surface area (Å²) >= 11 is 0. The molecule has 1 aromatic heterocycles. The fourth-order valence-electron chi connectivity index (χ4n) is 4.26. The molecule has 1 aromatic carbocycles. The maximum atomic E-state index is 12.7. The van der Waals surface area contributed by atoms with Crippen molar-refractivity contribution in [3.63, 3.8) is 0 Å². The van der Waals surface area contributed by atoms with Crippen molar-refractivity contribution in [3.05, 3.63) is 53.2 Å². The highest BCUT2D eigenvalue weighted by Gasteiger charge is 2.29. The molecule has 1 aliphatic carbocycles. The number of halogens is 3. The van der Waals surface area contributed by atoms with Crippen LogP contribution in [0.4, 0.5) is 18.9 Å². The highest BCUT2D eigenvalue weighted by molar-refractivity contribution is 5.94. The van der Waals surface area contributed by atoms with Gasteiger partial charge >= 0.3 is 6.18 Å². The van der Waals surface area contributed by atoms with E-state index in [0.717, 1.165) is 45.4 Å². The maximum Gasteiger partial charge on any atom is 0.422 e. The Bertz CT molecular complexity index is 941. The van der Waals surface area contributed by atoms with Crippen molar-refractivity contribution in [2.45, 2.75) is 31.5 Å². The van der Waals surface area contributed by atoms with Crippen LogP contribution < -0.4 is 15.0 Å². The number of fused-ring (bicyclic) bond motifs is 1. The molecule has 1 fully saturated rings. The van der Waals surface area contributed by atoms with Crippen molar-refractivity contribution < 1.29 is 22.7 Å². The number of rotatable bonds is 5. The normalized spacial score (nSPS) is 19.4. The lowest BCUT2D eigenvalue weighted by atomic mass is 9.86. The van der Waals surface area contributed by atoms with Crippen molar-refractivity contribution in [2.24, 2.45) is 0 Å². The second-order valence-electron chi connectivity index (χ2n) is 8.41. The van der Waals surface area contributed by atoms with Crippen molar-refractivity contribution >= 4 is 11.6 Å². The van der Waals surface area contributed by atoms with E-state index in [-0.39, 0.29) is 17.8 Å². The van der Waals surface area contributed by atoms with Crippen LogP contribution in [0.15, 0.2) is 36.5 Å². The van der Waals surface area contributed by atoms with Crippen LogP contribution in [-0.4, -0.2) is 67.8 Å². The number of likely N-dealkylation sites (N-methyl/N-ethyl adjacent to an activating group) is 1. The van der Waals surface area contributed by atoms with Gasteiger partial charge < -0.3 is 19.9 Å². The molecule has 1 amide bonds. The molecule has 2 aromatic rings. The van der Waals surface area contributed by atoms with Crippen LogP contribution in [0.2, 0.25) is 0 Å². The number of pyridine rings is 1. The number of amides is 1. The Balaban J connectivity index is 1.39. The number of aryl methyl sites for hydroxylation is 1. The van der Waals surface area contributed by atoms with Crippen LogP contribution in [0, 0.1) is 0 Å². The third-order valence-electron chi connectivity index (χ3n) is 6.02. The van der Waals surface area contributed by atoms with Gasteiger partial charge in [-0.1, -0.05) is 12.1 Å². The highest BCUT2D eigenvalue weighted by Crippen LogP contribution is 2.31. The van der Waals surface area contributed by atoms with Crippen LogP contribution >= 0.6 is 0 Å². The fraction of sp³-hybridized carbons (Fsp3) is 0.478. The molecule has 6 nitrogen and oxygen atoms in total. The van der Waals surface area contributed by atoms with Gasteiger partial charge in [0, 0.05) is 50.2 Å². The van der Waals surface area contributed by atoms with E-state index in [4.69, 9.17) is 0 Å². The minimum absolute atomic E-state index is 0.00947. The molecule has 172 valence electrons. The van der Waals surface area contributed by atoms with Crippen LogP contribution in [0.3, 0.4) is 0 Å². The largest absolute Gasteiger partial charge is 0.468 e. The third kappa shape index (κ3) is 5.51. The minimum atomic E-state index is -4.43. The minimum Gasteiger partial charge on any atom is -0.468 e. The maximum absolute atomic E-state index is 12.7. The Labute approximate surface area is 185 Å². The quantitative estimate of drug-likeness (QED) is 0.762. The van der Waals surface area contributed by atoms with E-state index in [1.165, 1.54) is 35.1 Å². The number of nitrogens with one attached hydrogen (secondary N) is 1. The number of aromatic nitrogens is 1. The Morgan fingerprint density at radius 2 is 1.97 bits per heavy atom. The summed E-state index contributed by atoms with van der Waals surface area (Å²) in [5, 5.41) is 3.06. The molecule has 1 atom stereocenters. The molecular weight excluding hydrogens is 421 g/mol. The summed E-state index contributed by atoms with van der Waals surface area (Å²) in [6.07, 6.45) is -0.704. The van der Waals surface area contributed by atoms with Gasteiger partial charge in [0.05, 0.1) is 5.56 Å². The van der Waals surface area contributed by atoms with E-state index in [0.29, 0.717) is 5.56 Å². The molecule has 32 heavy (non-hydrogen) atoms. The average Bonchev–Trinajstić information content (AvgIpc) is 2.78. The number of nitrogens with zero attached hydrogens (tertiary/aromatic N) is 3. The van der Waals surface area contributed by atoms with Gasteiger partial charge in [0.25, 0.3) is 5.91 Å². The summed E-state index contributed by atoms with van der Waals surface area (Å²) < 4.78 is 41.4. The molecule has 9 heteroatoms. The predicted octanol–water partition coefficient (Wildman–Crippen LogP) is 3.06. The molecule has 0 unspecified atom stereocenters. The molecular formula is C23H27F3N4O2. The molecule has 0 spiro atoms. The monoisotopic (exact) mass is 448 g/mol. The second-order valence-corrected chi connectivity index (χ2v) is 8.41. The summed E-state index contributed by atoms with van der Waals surface area (Å²) in [6.45, 7) is 2.61. The standard InChI is InChI=1S/C23H27F3N4O2/c1-29-9-11-30(12-10-29)20-4-2-3-16-5-7-18(13-19(16)20)28-22(31)17-6-8-21(27-14-17)32-15-23(24,25)26/h2-4,6,8,14,18H,5,7,9-13,15H2,1H3,(H,28,31)/t18-/m1/s1. The van der Waals surface area contributed by atoms with Gasteiger partial charge in [-0.15, -0.1) is 0 Å². The Morgan fingerprint density at radius 3 is 2.66 bits per heavy atom. The number of alkyl halides is 3. The summed E-state index contributed by atoms with van der Waals surface area (Å²) in [4.78, 5) is 21.3. The first kappa shape index (κ1) is 22.4. The number of piperazine rings is 1. The predicted molar refractivity (Wildman–Crippen MR) is 115 cm³/mol. The number of benzene rings is 1. The number of hydrogen-bond acceptors (Lipinski definition) is 5. The number of carbonyl (C=O) groups is 1. The number of hydrogen-bond donors (Lipinski definition) is 1. The molecule has 2 aliphatic rings. The first-order chi connectivity index (χ1) is 15.3. The van der Waals surface area contributed by atoms with E-state index >= 15 is 0 Å². The van der Waals surface area contributed by atoms with Crippen LogP contribution in [0.5, 0.6) is 5.88 Å². The molecule has 0 saturated carbocycles. The van der Waals surface area contributed by atoms with Gasteiger partial charge in [-0.3, -0.25) is 4.79 Å². The molecule has 0 bridgehead atoms. The summed E-state index contributed by atoms with van der Waals surface area (Å²) in [6, 6.07) is 9.14. The molecule has 1 N–H and O–H groups in total. The number of anilines is 1. The molecule has 1 aliphatic heterocycles. The molecule has 1 saturated heterocycles. The van der Waals surface area contributed by atoms with E-state index < -0.39 is 12.8 Å². The second kappa shape index (κ2) is 9.36. The smallest absolute Gasteiger partial charge is 0.422 e. The Morgan fingerprint density at radius 1 is 1.19 bits per heavy atom. The SMILES string of the molecule is CN1CCN(c2cccc3c2C[C@H](NC(=O)c2ccc(OCC(F)(F)F)nc2)CC3)CC1. The lowest BCUT2D eigenvalue weighted by Crippen LogP contribution is -2.45. The van der Waals surface area contributed by atoms with Crippen LogP contribution in [0.1, 0.15) is 27.9 Å². The topological polar surface area (TPSA) is 57.7 Å². The van der Waals surface area contributed by atoms with Crippen LogP contribution in [0.25, 0.3) is 0 Å². The number of carbonyl (C=O) groups excluding carboxylic acids is 1. The zero-order valence-electron chi connectivity index (χ0n) is 18.0. The van der Waals surface area contributed by atoms with Gasteiger partial charge in [0.2, 0.25) is 5.88 Å². The zero-order valence-corrected chi connectivity index (χ0v) is 18.0. The number of ether oxygens (including phenoxy) is 1. The first-order valence-corrected chi connectivity index (χ1v) is 10.8. The highest BCUT2D eigenvalue weighted by atomic mass is 19.4. The van der Waals surface area contributed by atoms with Crippen molar-refractivity contribution in [3.8, 4) is 5.88 Å². The first-order valence-electron chi connectivity index (χ1n) is 10.8. The lowest BCUT2D eigenvalue weighted by molar-refractivity contribution is -0.154. The Kier molecular flexibility index (Phi) is 6.55. The molecule has 4 rings (SSSR count). The third-order valence-corrected chi connectivity index (χ3v) is 6.02. The van der Waals surface area contributed by atoms with Gasteiger partial charge in [-0.05, 0) is 49.6 Å². The van der Waals surface area contributed by atoms with Gasteiger partial charge in [-0.2, -0.15) is 13.2 Å². The van der Waals surface area contributed by atoms with Crippen LogP contribution in [-0.2, 0) is 12.8 Å². The summed E-state index contributed by atoms with van der Waals surface area (Å²) in [5.41, 5.74) is 4.17. The zero-order chi connectivity index (χ0) is 22.7. The lowest BCUT2D eigenvalue weighted by Gasteiger charge is -2.37. The summed E-state index contributed by atoms with van der Waals surface area (Å²) in [5.74, 6) is -0.451. The Hall–Kier alpha value is -2.81. The van der Waals surface area contributed by atoms with E-state index in [1.54, 1.807) is 0 Å². The van der Waals surface area contributed by atoms with Gasteiger partial charge in [0.1, 0.15) is 0 Å². The van der Waals surface area contributed by atoms with Crippen molar-refractivity contribution in [1.29, 1.82) is 0 Å². The van der Waals surface area contributed by atoms with Gasteiger partial charge in [0.15, 0.2) is 6.61 Å². The summed E-state index contributed by atoms with van der Waals surface area (Å²) in [7, 11) is 2.13. The molecule has 2 heterocycles. The van der Waals surface area contributed by atoms with E-state index in [2.05, 4.69) is 50.1 Å². The van der Waals surface area contributed by atoms with E-state index in [9.17, 15) is 18.0 Å². The van der Waals surface area contributed by atoms with Gasteiger partial charge in [-0.25, -0.2) is 4.98 Å². The van der Waals surface area contributed by atoms with E-state index in [1.807, 2.05) is 0 Å². The molecule has 0 radical (unpaired) electrons. The fourth-order valence-corrected chi connectivity index (χ4v) is 4.26. The van der Waals surface area contributed by atoms with Crippen molar-refractivity contribution in [2.75, 3.05) is 44.7 Å². The average molecular weight is 448 g/mol.